The first-order valence-corrected chi connectivity index (χ1v) is 6.31. The summed E-state index contributed by atoms with van der Waals surface area (Å²) in [4.78, 5) is 0. The molecule has 0 amide bonds. The fourth-order valence-corrected chi connectivity index (χ4v) is 2.01. The molecule has 0 radical (unpaired) electrons. The molecule has 2 aromatic heterocycles. The van der Waals surface area contributed by atoms with Gasteiger partial charge in [0.05, 0.1) is 5.75 Å². The number of hydrogen-bond donors (Lipinski definition) is 0. The summed E-state index contributed by atoms with van der Waals surface area (Å²) in [6.07, 6.45) is 0. The zero-order valence-electron chi connectivity index (χ0n) is 9.99. The topological polar surface area (TPSA) is 82.5 Å². The predicted octanol–water partition coefficient (Wildman–Crippen LogP) is 1.31. The van der Waals surface area contributed by atoms with Crippen LogP contribution in [0.1, 0.15) is 25.6 Å². The molecule has 0 bridgehead atoms. The van der Waals surface area contributed by atoms with Gasteiger partial charge < -0.3 is 4.42 Å². The van der Waals surface area contributed by atoms with E-state index in [0.717, 1.165) is 11.7 Å². The summed E-state index contributed by atoms with van der Waals surface area (Å²) in [7, 11) is 0. The Balaban J connectivity index is 1.97. The first kappa shape index (κ1) is 12.0. The van der Waals surface area contributed by atoms with Gasteiger partial charge in [-0.2, -0.15) is 0 Å². The van der Waals surface area contributed by atoms with Gasteiger partial charge in [-0.05, 0) is 16.3 Å². The van der Waals surface area contributed by atoms with E-state index in [2.05, 4.69) is 39.6 Å². The molecule has 0 saturated heterocycles. The van der Waals surface area contributed by atoms with Crippen LogP contribution in [0, 0.1) is 12.8 Å². The standard InChI is InChI=1S/C9H14N6OS/c1-6(2)4-15-9(12-13-14-15)17-5-8-11-10-7(3)16-8/h6H,4-5H2,1-3H3. The van der Waals surface area contributed by atoms with Gasteiger partial charge in [0, 0.05) is 13.5 Å². The quantitative estimate of drug-likeness (QED) is 0.744. The van der Waals surface area contributed by atoms with E-state index in [4.69, 9.17) is 4.42 Å². The maximum Gasteiger partial charge on any atom is 0.226 e. The smallest absolute Gasteiger partial charge is 0.226 e. The van der Waals surface area contributed by atoms with Crippen LogP contribution in [-0.4, -0.2) is 30.4 Å². The van der Waals surface area contributed by atoms with E-state index in [1.165, 1.54) is 11.8 Å². The number of hydrogen-bond acceptors (Lipinski definition) is 7. The second-order valence-corrected chi connectivity index (χ2v) is 4.98. The molecule has 7 nitrogen and oxygen atoms in total. The Morgan fingerprint density at radius 1 is 1.29 bits per heavy atom. The van der Waals surface area contributed by atoms with E-state index < -0.39 is 0 Å². The molecule has 92 valence electrons. The molecule has 17 heavy (non-hydrogen) atoms. The van der Waals surface area contributed by atoms with E-state index in [1.807, 2.05) is 0 Å². The molecule has 2 aromatic rings. The van der Waals surface area contributed by atoms with Gasteiger partial charge >= 0.3 is 0 Å². The van der Waals surface area contributed by atoms with Crippen LogP contribution in [0.3, 0.4) is 0 Å². The van der Waals surface area contributed by atoms with Crippen LogP contribution < -0.4 is 0 Å². The molecule has 0 aliphatic rings. The van der Waals surface area contributed by atoms with Crippen LogP contribution in [0.4, 0.5) is 0 Å². The summed E-state index contributed by atoms with van der Waals surface area (Å²) in [5.41, 5.74) is 0. The minimum absolute atomic E-state index is 0.503. The first-order valence-electron chi connectivity index (χ1n) is 5.33. The molecule has 0 aromatic carbocycles. The minimum atomic E-state index is 0.503. The van der Waals surface area contributed by atoms with Gasteiger partial charge in [0.25, 0.3) is 0 Å². The lowest BCUT2D eigenvalue weighted by atomic mass is 10.2. The van der Waals surface area contributed by atoms with Crippen molar-refractivity contribution in [2.75, 3.05) is 0 Å². The van der Waals surface area contributed by atoms with Crippen LogP contribution in [0.5, 0.6) is 0 Å². The summed E-state index contributed by atoms with van der Waals surface area (Å²) in [6, 6.07) is 0. The van der Waals surface area contributed by atoms with Gasteiger partial charge in [0.1, 0.15) is 0 Å². The van der Waals surface area contributed by atoms with Crippen molar-refractivity contribution in [1.82, 2.24) is 30.4 Å². The second kappa shape index (κ2) is 5.26. The van der Waals surface area contributed by atoms with Gasteiger partial charge in [-0.25, -0.2) is 4.68 Å². The second-order valence-electron chi connectivity index (χ2n) is 4.04. The monoisotopic (exact) mass is 254 g/mol. The van der Waals surface area contributed by atoms with E-state index in [9.17, 15) is 0 Å². The number of nitrogens with zero attached hydrogens (tertiary/aromatic N) is 6. The Morgan fingerprint density at radius 2 is 2.12 bits per heavy atom. The molecular formula is C9H14N6OS. The van der Waals surface area contributed by atoms with Crippen molar-refractivity contribution >= 4 is 11.8 Å². The molecule has 0 atom stereocenters. The third-order valence-corrected chi connectivity index (χ3v) is 2.87. The highest BCUT2D eigenvalue weighted by Crippen LogP contribution is 2.19. The molecule has 0 N–H and O–H groups in total. The van der Waals surface area contributed by atoms with Crippen LogP contribution in [0.2, 0.25) is 0 Å². The molecular weight excluding hydrogens is 240 g/mol. The molecule has 0 aliphatic carbocycles. The largest absolute Gasteiger partial charge is 0.425 e. The van der Waals surface area contributed by atoms with Crippen LogP contribution in [0.15, 0.2) is 9.57 Å². The molecule has 8 heteroatoms. The normalized spacial score (nSPS) is 11.3. The van der Waals surface area contributed by atoms with Crippen molar-refractivity contribution in [2.45, 2.75) is 38.2 Å². The van der Waals surface area contributed by atoms with Crippen molar-refractivity contribution in [3.63, 3.8) is 0 Å². The van der Waals surface area contributed by atoms with Crippen molar-refractivity contribution in [3.05, 3.63) is 11.8 Å². The molecule has 2 heterocycles. The van der Waals surface area contributed by atoms with Gasteiger partial charge in [0.15, 0.2) is 0 Å². The molecule has 0 saturated carbocycles. The van der Waals surface area contributed by atoms with Gasteiger partial charge in [0.2, 0.25) is 16.9 Å². The fraction of sp³-hybridized carbons (Fsp3) is 0.667. The summed E-state index contributed by atoms with van der Waals surface area (Å²) in [5, 5.41) is 20.0. The van der Waals surface area contributed by atoms with Gasteiger partial charge in [-0.3, -0.25) is 0 Å². The number of rotatable bonds is 5. The van der Waals surface area contributed by atoms with E-state index in [1.54, 1.807) is 11.6 Å². The lowest BCUT2D eigenvalue weighted by molar-refractivity contribution is 0.445. The highest BCUT2D eigenvalue weighted by atomic mass is 32.2. The maximum atomic E-state index is 5.28. The van der Waals surface area contributed by atoms with E-state index in [0.29, 0.717) is 23.5 Å². The maximum absolute atomic E-state index is 5.28. The summed E-state index contributed by atoms with van der Waals surface area (Å²) in [5.74, 6) is 2.25. The minimum Gasteiger partial charge on any atom is -0.425 e. The Kier molecular flexibility index (Phi) is 3.72. The zero-order valence-corrected chi connectivity index (χ0v) is 10.8. The Bertz CT molecular complexity index is 479. The SMILES string of the molecule is Cc1nnc(CSc2nnnn2CC(C)C)o1. The number of tetrazole rings is 1. The number of aromatic nitrogens is 6. The average molecular weight is 254 g/mol. The van der Waals surface area contributed by atoms with E-state index >= 15 is 0 Å². The van der Waals surface area contributed by atoms with Gasteiger partial charge in [-0.1, -0.05) is 25.6 Å². The Hall–Kier alpha value is -1.44. The van der Waals surface area contributed by atoms with Crippen LogP contribution in [-0.2, 0) is 12.3 Å². The van der Waals surface area contributed by atoms with Crippen molar-refractivity contribution in [1.29, 1.82) is 0 Å². The molecule has 0 spiro atoms. The molecule has 0 unspecified atom stereocenters. The van der Waals surface area contributed by atoms with Crippen molar-refractivity contribution in [3.8, 4) is 0 Å². The van der Waals surface area contributed by atoms with Crippen LogP contribution in [0.25, 0.3) is 0 Å². The lowest BCUT2D eigenvalue weighted by Gasteiger charge is -2.05. The van der Waals surface area contributed by atoms with Crippen molar-refractivity contribution in [2.24, 2.45) is 5.92 Å². The molecule has 0 fully saturated rings. The third kappa shape index (κ3) is 3.26. The van der Waals surface area contributed by atoms with Crippen molar-refractivity contribution < 1.29 is 4.42 Å². The number of aryl methyl sites for hydroxylation is 1. The summed E-state index contributed by atoms with van der Waals surface area (Å²) < 4.78 is 7.07. The predicted molar refractivity (Wildman–Crippen MR) is 61.3 cm³/mol. The zero-order chi connectivity index (χ0) is 12.3. The lowest BCUT2D eigenvalue weighted by Crippen LogP contribution is -2.07. The summed E-state index contributed by atoms with van der Waals surface area (Å²) in [6.45, 7) is 6.82. The number of thioether (sulfide) groups is 1. The summed E-state index contributed by atoms with van der Waals surface area (Å²) >= 11 is 1.49. The Labute approximate surface area is 103 Å². The van der Waals surface area contributed by atoms with E-state index in [-0.39, 0.29) is 0 Å². The van der Waals surface area contributed by atoms with Crippen LogP contribution >= 0.6 is 11.8 Å². The Morgan fingerprint density at radius 3 is 2.76 bits per heavy atom. The molecule has 2 rings (SSSR count). The fourth-order valence-electron chi connectivity index (χ4n) is 1.28. The first-order chi connectivity index (χ1) is 8.15. The van der Waals surface area contributed by atoms with Gasteiger partial charge in [-0.15, -0.1) is 15.3 Å². The third-order valence-electron chi connectivity index (χ3n) is 1.93. The highest BCUT2D eigenvalue weighted by molar-refractivity contribution is 7.98. The molecule has 0 aliphatic heterocycles. The highest BCUT2D eigenvalue weighted by Gasteiger charge is 2.10. The average Bonchev–Trinajstić information content (AvgIpc) is 2.84.